The summed E-state index contributed by atoms with van der Waals surface area (Å²) >= 11 is 12.3. The number of aromatic nitrogens is 2. The van der Waals surface area contributed by atoms with Crippen molar-refractivity contribution in [3.8, 4) is 11.3 Å². The number of aliphatic hydroxyl groups excluding tert-OH is 2. The van der Waals surface area contributed by atoms with Crippen molar-refractivity contribution in [2.75, 3.05) is 13.1 Å². The minimum absolute atomic E-state index is 0.0156. The van der Waals surface area contributed by atoms with E-state index in [0.717, 1.165) is 6.07 Å². The van der Waals surface area contributed by atoms with Gasteiger partial charge >= 0.3 is 11.9 Å². The first kappa shape index (κ1) is 31.0. The fourth-order valence-electron chi connectivity index (χ4n) is 4.02. The molecule has 0 aliphatic carbocycles. The van der Waals surface area contributed by atoms with Gasteiger partial charge in [0.05, 0.1) is 22.5 Å². The lowest BCUT2D eigenvalue weighted by atomic mass is 9.86. The van der Waals surface area contributed by atoms with Gasteiger partial charge in [0.15, 0.2) is 29.6 Å². The van der Waals surface area contributed by atoms with Crippen LogP contribution in [0.2, 0.25) is 10.2 Å². The average molecular weight is 605 g/mol. The van der Waals surface area contributed by atoms with Crippen LogP contribution in [0.4, 0.5) is 8.78 Å². The second kappa shape index (κ2) is 13.2. The van der Waals surface area contributed by atoms with Crippen LogP contribution in [0.5, 0.6) is 0 Å². The zero-order chi connectivity index (χ0) is 29.7. The van der Waals surface area contributed by atoms with Crippen LogP contribution in [-0.4, -0.2) is 79.4 Å². The van der Waals surface area contributed by atoms with Crippen LogP contribution in [0, 0.1) is 11.6 Å². The number of carboxylic acids is 2. The van der Waals surface area contributed by atoms with Crippen molar-refractivity contribution in [2.24, 2.45) is 7.05 Å². The molecule has 216 valence electrons. The molecule has 1 fully saturated rings. The quantitative estimate of drug-likeness (QED) is 0.233. The number of carbonyl (C=O) groups excluding carboxylic acids is 1. The monoisotopic (exact) mass is 604 g/mol. The fourth-order valence-corrected chi connectivity index (χ4v) is 4.51. The number of halogens is 4. The summed E-state index contributed by atoms with van der Waals surface area (Å²) in [6.07, 6.45) is -2.40. The van der Waals surface area contributed by atoms with Crippen molar-refractivity contribution < 1.29 is 48.0 Å². The van der Waals surface area contributed by atoms with E-state index >= 15 is 0 Å². The van der Waals surface area contributed by atoms with E-state index in [9.17, 15) is 23.2 Å². The van der Waals surface area contributed by atoms with Gasteiger partial charge in [-0.3, -0.25) is 9.48 Å². The smallest absolute Gasteiger partial charge is 0.335 e. The second-order valence-corrected chi connectivity index (χ2v) is 9.43. The molecular weight excluding hydrogens is 581 g/mol. The molecule has 1 aliphatic heterocycles. The van der Waals surface area contributed by atoms with E-state index in [1.165, 1.54) is 23.0 Å². The van der Waals surface area contributed by atoms with Crippen LogP contribution in [0.1, 0.15) is 28.5 Å². The zero-order valence-corrected chi connectivity index (χ0v) is 22.2. The largest absolute Gasteiger partial charge is 0.479 e. The maximum absolute atomic E-state index is 13.7. The summed E-state index contributed by atoms with van der Waals surface area (Å²) in [5.41, 5.74) is 1.61. The topological polar surface area (TPSA) is 187 Å². The van der Waals surface area contributed by atoms with Crippen molar-refractivity contribution in [3.63, 3.8) is 0 Å². The summed E-state index contributed by atoms with van der Waals surface area (Å²) in [6.45, 7) is 1.18. The molecule has 0 spiro atoms. The summed E-state index contributed by atoms with van der Waals surface area (Å²) < 4.78 is 34.0. The van der Waals surface area contributed by atoms with Crippen molar-refractivity contribution in [1.82, 2.24) is 20.4 Å². The number of nitrogens with one attached hydrogen (secondary N) is 2. The molecule has 3 aromatic rings. The highest BCUT2D eigenvalue weighted by atomic mass is 35.5. The van der Waals surface area contributed by atoms with Gasteiger partial charge in [0.2, 0.25) is 5.22 Å². The number of aliphatic hydroxyl groups is 2. The van der Waals surface area contributed by atoms with Gasteiger partial charge < -0.3 is 35.5 Å². The van der Waals surface area contributed by atoms with Crippen LogP contribution in [-0.2, 0) is 16.6 Å². The van der Waals surface area contributed by atoms with E-state index in [-0.39, 0.29) is 22.9 Å². The van der Waals surface area contributed by atoms with Crippen molar-refractivity contribution in [3.05, 3.63) is 63.7 Å². The minimum atomic E-state index is -2.27. The molecule has 1 amide bonds. The number of carboxylic acid groups (broad SMARTS) is 2. The standard InChI is InChI=1S/C20H18Cl2F2N4O2.C4H6O6/c1-28-18(13(21)8-26-28)12-7-17(30-19(12)22)20(29)27-16-9-25-5-4-11(16)10-2-3-14(23)15(24)6-10;5-1(3(7)8)2(6)4(9)10/h2-3,6-8,11,16,25H,4-5,9H2,1H3,(H,27,29);1-2,5-6H,(H,7,8)(H,9,10)/t;1-,2-/m.1/s1. The highest BCUT2D eigenvalue weighted by molar-refractivity contribution is 6.35. The number of rotatable bonds is 7. The van der Waals surface area contributed by atoms with Gasteiger partial charge in [0, 0.05) is 31.6 Å². The Morgan fingerprint density at radius 1 is 1.12 bits per heavy atom. The van der Waals surface area contributed by atoms with Gasteiger partial charge in [-0.1, -0.05) is 17.7 Å². The molecule has 1 aromatic carbocycles. The molecule has 6 N–H and O–H groups in total. The third kappa shape index (κ3) is 7.14. The van der Waals surface area contributed by atoms with Crippen molar-refractivity contribution in [1.29, 1.82) is 0 Å². The number of benzene rings is 1. The zero-order valence-electron chi connectivity index (χ0n) is 20.6. The lowest BCUT2D eigenvalue weighted by Crippen LogP contribution is -2.50. The van der Waals surface area contributed by atoms with E-state index in [4.69, 9.17) is 48.0 Å². The normalized spacial score (nSPS) is 18.3. The number of aryl methyl sites for hydroxylation is 1. The van der Waals surface area contributed by atoms with Crippen molar-refractivity contribution in [2.45, 2.75) is 30.6 Å². The Kier molecular flexibility index (Phi) is 10.2. The Balaban J connectivity index is 0.000000378. The Morgan fingerprint density at radius 2 is 1.77 bits per heavy atom. The number of furan rings is 1. The number of hydrogen-bond donors (Lipinski definition) is 6. The van der Waals surface area contributed by atoms with Gasteiger partial charge in [0.25, 0.3) is 5.91 Å². The summed E-state index contributed by atoms with van der Waals surface area (Å²) in [6, 6.07) is 4.98. The number of hydrogen-bond acceptors (Lipinski definition) is 8. The van der Waals surface area contributed by atoms with Crippen LogP contribution in [0.25, 0.3) is 11.3 Å². The summed E-state index contributed by atoms with van der Waals surface area (Å²) in [5, 5.41) is 43.1. The number of amides is 1. The molecule has 1 aliphatic rings. The molecule has 12 nitrogen and oxygen atoms in total. The van der Waals surface area contributed by atoms with E-state index in [2.05, 4.69) is 15.7 Å². The predicted octanol–water partition coefficient (Wildman–Crippen LogP) is 2.02. The van der Waals surface area contributed by atoms with Crippen molar-refractivity contribution >= 4 is 41.0 Å². The summed E-state index contributed by atoms with van der Waals surface area (Å²) in [5.74, 6) is -5.98. The van der Waals surface area contributed by atoms with Crippen LogP contribution in [0.15, 0.2) is 34.9 Å². The van der Waals surface area contributed by atoms with Crippen LogP contribution < -0.4 is 10.6 Å². The predicted molar refractivity (Wildman–Crippen MR) is 136 cm³/mol. The SMILES string of the molecule is Cn1ncc(Cl)c1-c1cc(C(=O)NC2CNCCC2c2ccc(F)c(F)c2)oc1Cl.O=C(O)[C@H](O)[C@@H](O)C(=O)O. The molecule has 3 heterocycles. The van der Waals surface area contributed by atoms with E-state index < -0.39 is 41.7 Å². The molecular formula is C24H24Cl2F2N4O8. The Labute approximate surface area is 235 Å². The molecule has 0 bridgehead atoms. The fraction of sp³-hybridized carbons (Fsp3) is 0.333. The first-order valence-electron chi connectivity index (χ1n) is 11.6. The Bertz CT molecular complexity index is 1360. The highest BCUT2D eigenvalue weighted by Gasteiger charge is 2.31. The molecule has 2 aromatic heterocycles. The van der Waals surface area contributed by atoms with E-state index in [1.54, 1.807) is 13.1 Å². The first-order chi connectivity index (χ1) is 18.8. The minimum Gasteiger partial charge on any atom is -0.479 e. The summed E-state index contributed by atoms with van der Waals surface area (Å²) in [7, 11) is 1.70. The van der Waals surface area contributed by atoms with Gasteiger partial charge in [-0.15, -0.1) is 0 Å². The Hall–Kier alpha value is -3.56. The lowest BCUT2D eigenvalue weighted by molar-refractivity contribution is -0.165. The molecule has 1 saturated heterocycles. The Morgan fingerprint density at radius 3 is 2.33 bits per heavy atom. The van der Waals surface area contributed by atoms with Crippen LogP contribution >= 0.6 is 23.2 Å². The third-order valence-electron chi connectivity index (χ3n) is 6.04. The van der Waals surface area contributed by atoms with Gasteiger partial charge in [-0.05, 0) is 42.3 Å². The molecule has 0 saturated carbocycles. The number of carbonyl (C=O) groups is 3. The third-order valence-corrected chi connectivity index (χ3v) is 6.59. The van der Waals surface area contributed by atoms with Gasteiger partial charge in [-0.25, -0.2) is 18.4 Å². The van der Waals surface area contributed by atoms with E-state index in [0.29, 0.717) is 41.4 Å². The maximum Gasteiger partial charge on any atom is 0.335 e. The first-order valence-corrected chi connectivity index (χ1v) is 12.3. The molecule has 2 unspecified atom stereocenters. The van der Waals surface area contributed by atoms with Crippen LogP contribution in [0.3, 0.4) is 0 Å². The van der Waals surface area contributed by atoms with Gasteiger partial charge in [-0.2, -0.15) is 5.10 Å². The molecule has 16 heteroatoms. The molecule has 4 rings (SSSR count). The second-order valence-electron chi connectivity index (χ2n) is 8.68. The molecule has 0 radical (unpaired) electrons. The number of aliphatic carboxylic acids is 2. The average Bonchev–Trinajstić information content (AvgIpc) is 3.45. The maximum atomic E-state index is 13.7. The highest BCUT2D eigenvalue weighted by Crippen LogP contribution is 2.35. The number of piperidine rings is 1. The van der Waals surface area contributed by atoms with E-state index in [1.807, 2.05) is 0 Å². The summed E-state index contributed by atoms with van der Waals surface area (Å²) in [4.78, 5) is 32.4. The lowest BCUT2D eigenvalue weighted by Gasteiger charge is -2.33. The molecule has 40 heavy (non-hydrogen) atoms. The molecule has 4 atom stereocenters. The van der Waals surface area contributed by atoms with Gasteiger partial charge in [0.1, 0.15) is 0 Å². The number of nitrogens with zero attached hydrogens (tertiary/aromatic N) is 2.